The molecular formula is C27H39N3O6. The molecule has 4 rings (SSSR count). The van der Waals surface area contributed by atoms with E-state index in [1.54, 1.807) is 6.08 Å². The van der Waals surface area contributed by atoms with Crippen molar-refractivity contribution >= 4 is 11.9 Å². The molecule has 3 aliphatic rings. The predicted molar refractivity (Wildman–Crippen MR) is 133 cm³/mol. The second-order valence-corrected chi connectivity index (χ2v) is 11.7. The summed E-state index contributed by atoms with van der Waals surface area (Å²) in [5, 5.41) is 27.3. The number of aliphatic hydroxyl groups excluding tert-OH is 2. The van der Waals surface area contributed by atoms with Gasteiger partial charge in [0.1, 0.15) is 5.60 Å². The van der Waals surface area contributed by atoms with Crippen LogP contribution in [0.25, 0.3) is 0 Å². The Bertz CT molecular complexity index is 984. The third-order valence-electron chi connectivity index (χ3n) is 7.11. The van der Waals surface area contributed by atoms with Gasteiger partial charge in [0.25, 0.3) is 5.91 Å². The maximum Gasteiger partial charge on any atom is 0.306 e. The Labute approximate surface area is 212 Å². The first-order valence-corrected chi connectivity index (χ1v) is 12.8. The van der Waals surface area contributed by atoms with Crippen molar-refractivity contribution in [1.82, 2.24) is 15.6 Å². The molecular weight excluding hydrogens is 462 g/mol. The number of pyridine rings is 1. The fourth-order valence-electron chi connectivity index (χ4n) is 5.40. The van der Waals surface area contributed by atoms with Crippen molar-refractivity contribution in [2.45, 2.75) is 102 Å². The van der Waals surface area contributed by atoms with Crippen molar-refractivity contribution < 1.29 is 29.3 Å². The van der Waals surface area contributed by atoms with E-state index < -0.39 is 29.8 Å². The molecule has 4 N–H and O–H groups in total. The molecule has 1 saturated heterocycles. The van der Waals surface area contributed by atoms with E-state index in [0.29, 0.717) is 38.0 Å². The van der Waals surface area contributed by atoms with E-state index in [4.69, 9.17) is 9.47 Å². The molecule has 36 heavy (non-hydrogen) atoms. The Kier molecular flexibility index (Phi) is 7.73. The molecule has 9 heteroatoms. The lowest BCUT2D eigenvalue weighted by atomic mass is 9.71. The molecule has 3 heterocycles. The number of hydrogen-bond donors (Lipinski definition) is 4. The zero-order valence-electron chi connectivity index (χ0n) is 21.5. The molecule has 1 spiro atoms. The Morgan fingerprint density at radius 1 is 1.36 bits per heavy atom. The number of amides is 1. The van der Waals surface area contributed by atoms with Crippen LogP contribution in [0.2, 0.25) is 0 Å². The monoisotopic (exact) mass is 501 g/mol. The van der Waals surface area contributed by atoms with Crippen LogP contribution in [0, 0.1) is 5.41 Å². The van der Waals surface area contributed by atoms with Crippen molar-refractivity contribution in [3.8, 4) is 5.88 Å². The molecule has 198 valence electrons. The lowest BCUT2D eigenvalue weighted by molar-refractivity contribution is -0.148. The van der Waals surface area contributed by atoms with Gasteiger partial charge in [-0.05, 0) is 29.9 Å². The number of esters is 1. The SMILES string of the molecule is C=CC[C@H](NC(=O)[C@@H]1CCC(=O)O1)[C@H](O)CN[C@H]1C[C@]2(C[C@H](O)C2)Oc2ncc(CC(C)(C)C)cc21. The highest BCUT2D eigenvalue weighted by atomic mass is 16.6. The molecule has 1 aromatic rings. The Morgan fingerprint density at radius 3 is 2.72 bits per heavy atom. The van der Waals surface area contributed by atoms with Gasteiger partial charge in [0.2, 0.25) is 5.88 Å². The van der Waals surface area contributed by atoms with Crippen LogP contribution in [0.3, 0.4) is 0 Å². The summed E-state index contributed by atoms with van der Waals surface area (Å²) in [5.41, 5.74) is 1.70. The van der Waals surface area contributed by atoms with Crippen LogP contribution in [0.1, 0.15) is 76.5 Å². The van der Waals surface area contributed by atoms with Crippen LogP contribution in [0.5, 0.6) is 5.88 Å². The van der Waals surface area contributed by atoms with E-state index in [0.717, 1.165) is 17.5 Å². The highest BCUT2D eigenvalue weighted by Gasteiger charge is 2.51. The van der Waals surface area contributed by atoms with Gasteiger partial charge in [-0.2, -0.15) is 0 Å². The summed E-state index contributed by atoms with van der Waals surface area (Å²) in [6.07, 6.45) is 4.96. The zero-order chi connectivity index (χ0) is 26.1. The summed E-state index contributed by atoms with van der Waals surface area (Å²) >= 11 is 0. The van der Waals surface area contributed by atoms with Crippen LogP contribution in [0.4, 0.5) is 0 Å². The van der Waals surface area contributed by atoms with Gasteiger partial charge in [-0.15, -0.1) is 6.58 Å². The van der Waals surface area contributed by atoms with E-state index in [-0.39, 0.29) is 36.5 Å². The van der Waals surface area contributed by atoms with Gasteiger partial charge in [0.15, 0.2) is 6.10 Å². The molecule has 1 aliphatic carbocycles. The molecule has 1 aromatic heterocycles. The summed E-state index contributed by atoms with van der Waals surface area (Å²) in [5.74, 6) is -0.219. The number of fused-ring (bicyclic) bond motifs is 1. The number of carbonyl (C=O) groups is 2. The van der Waals surface area contributed by atoms with Crippen molar-refractivity contribution in [2.24, 2.45) is 5.41 Å². The van der Waals surface area contributed by atoms with Gasteiger partial charge in [0.05, 0.1) is 18.2 Å². The largest absolute Gasteiger partial charge is 0.471 e. The topological polar surface area (TPSA) is 130 Å². The number of nitrogens with one attached hydrogen (secondary N) is 2. The lowest BCUT2D eigenvalue weighted by Gasteiger charge is -2.50. The first-order chi connectivity index (χ1) is 17.0. The highest BCUT2D eigenvalue weighted by molar-refractivity contribution is 5.86. The molecule has 2 aliphatic heterocycles. The van der Waals surface area contributed by atoms with Crippen molar-refractivity contribution in [2.75, 3.05) is 6.54 Å². The first kappa shape index (κ1) is 26.6. The van der Waals surface area contributed by atoms with Crippen LogP contribution >= 0.6 is 0 Å². The number of carbonyl (C=O) groups excluding carboxylic acids is 2. The minimum atomic E-state index is -0.899. The maximum atomic E-state index is 12.6. The summed E-state index contributed by atoms with van der Waals surface area (Å²) in [7, 11) is 0. The summed E-state index contributed by atoms with van der Waals surface area (Å²) in [6, 6.07) is 1.42. The zero-order valence-corrected chi connectivity index (χ0v) is 21.5. The summed E-state index contributed by atoms with van der Waals surface area (Å²) in [6.45, 7) is 10.5. The Balaban J connectivity index is 1.46. The number of hydrogen-bond acceptors (Lipinski definition) is 8. The van der Waals surface area contributed by atoms with Gasteiger partial charge < -0.3 is 30.3 Å². The number of ether oxygens (including phenoxy) is 2. The van der Waals surface area contributed by atoms with Crippen molar-refractivity contribution in [1.29, 1.82) is 0 Å². The number of aliphatic hydroxyl groups is 2. The van der Waals surface area contributed by atoms with Crippen LogP contribution in [-0.4, -0.2) is 63.6 Å². The third kappa shape index (κ3) is 6.25. The standard InChI is InChI=1S/C27H39N3O6/c1-5-6-19(30-24(34)22-7-8-23(33)35-22)21(32)15-28-20-13-27(11-17(31)12-27)36-25-18(20)9-16(14-29-25)10-26(2,3)4/h5,9,14,17,19-22,28,31-32H,1,6-8,10-13,15H2,2-4H3,(H,30,34)/t17-,19-,20-,21+,22-,27+/m0/s1. The van der Waals surface area contributed by atoms with E-state index in [9.17, 15) is 19.8 Å². The van der Waals surface area contributed by atoms with E-state index in [2.05, 4.69) is 49.0 Å². The maximum absolute atomic E-state index is 12.6. The molecule has 9 nitrogen and oxygen atoms in total. The molecule has 0 radical (unpaired) electrons. The van der Waals surface area contributed by atoms with Gasteiger partial charge in [0, 0.05) is 56.5 Å². The average molecular weight is 502 g/mol. The van der Waals surface area contributed by atoms with Crippen molar-refractivity contribution in [3.63, 3.8) is 0 Å². The van der Waals surface area contributed by atoms with E-state index in [1.807, 2.05) is 6.20 Å². The van der Waals surface area contributed by atoms with Gasteiger partial charge in [-0.25, -0.2) is 4.98 Å². The number of rotatable bonds is 9. The first-order valence-electron chi connectivity index (χ1n) is 12.8. The van der Waals surface area contributed by atoms with Gasteiger partial charge >= 0.3 is 5.97 Å². The third-order valence-corrected chi connectivity index (χ3v) is 7.11. The normalized spacial score (nSPS) is 28.9. The second kappa shape index (κ2) is 10.5. The molecule has 1 amide bonds. The molecule has 2 fully saturated rings. The summed E-state index contributed by atoms with van der Waals surface area (Å²) in [4.78, 5) is 28.6. The number of aromatic nitrogens is 1. The van der Waals surface area contributed by atoms with Gasteiger partial charge in [-0.3, -0.25) is 9.59 Å². The lowest BCUT2D eigenvalue weighted by Crippen LogP contribution is -2.56. The molecule has 0 bridgehead atoms. The summed E-state index contributed by atoms with van der Waals surface area (Å²) < 4.78 is 11.3. The Morgan fingerprint density at radius 2 is 2.11 bits per heavy atom. The number of cyclic esters (lactones) is 1. The predicted octanol–water partition coefficient (Wildman–Crippen LogP) is 2.10. The molecule has 0 unspecified atom stereocenters. The van der Waals surface area contributed by atoms with E-state index in [1.165, 1.54) is 0 Å². The van der Waals surface area contributed by atoms with Crippen LogP contribution < -0.4 is 15.4 Å². The quantitative estimate of drug-likeness (QED) is 0.299. The highest BCUT2D eigenvalue weighted by Crippen LogP contribution is 2.48. The number of nitrogens with zero attached hydrogens (tertiary/aromatic N) is 1. The average Bonchev–Trinajstić information content (AvgIpc) is 3.21. The minimum Gasteiger partial charge on any atom is -0.471 e. The Hall–Kier alpha value is -2.49. The van der Waals surface area contributed by atoms with E-state index >= 15 is 0 Å². The molecule has 1 saturated carbocycles. The van der Waals surface area contributed by atoms with Crippen LogP contribution in [0.15, 0.2) is 24.9 Å². The fourth-order valence-corrected chi connectivity index (χ4v) is 5.40. The van der Waals surface area contributed by atoms with Crippen molar-refractivity contribution in [3.05, 3.63) is 36.0 Å². The van der Waals surface area contributed by atoms with Crippen LogP contribution in [-0.2, 0) is 20.7 Å². The molecule has 4 atom stereocenters. The molecule has 0 aromatic carbocycles. The van der Waals surface area contributed by atoms with Gasteiger partial charge in [-0.1, -0.05) is 26.8 Å². The smallest absolute Gasteiger partial charge is 0.306 e. The second-order valence-electron chi connectivity index (χ2n) is 11.7. The fraction of sp³-hybridized carbons (Fsp3) is 0.667. The minimum absolute atomic E-state index is 0.105.